The standard InChI is InChI=1S/C25H25N5O4S2/c1-16(31)29-9-4-10-30(12-11-29)24(32)22-14-20-21(35-22)8-7-17-15-26-25(28-23(17)20)27-18-5-3-6-19(13-18)36(2,33)34/h3,5-8,13-15H,4,9-12H2,1-2H3,(H,26,27,28). The van der Waals surface area contributed by atoms with Crippen LogP contribution in [0.5, 0.6) is 0 Å². The molecule has 0 aliphatic carbocycles. The molecule has 3 heterocycles. The van der Waals surface area contributed by atoms with Crippen LogP contribution in [0.25, 0.3) is 21.0 Å². The lowest BCUT2D eigenvalue weighted by molar-refractivity contribution is -0.128. The number of carbonyl (C=O) groups is 2. The molecule has 11 heteroatoms. The molecule has 0 atom stereocenters. The second kappa shape index (κ2) is 9.47. The summed E-state index contributed by atoms with van der Waals surface area (Å²) in [6, 6.07) is 12.2. The second-order valence-electron chi connectivity index (χ2n) is 8.80. The summed E-state index contributed by atoms with van der Waals surface area (Å²) in [6.45, 7) is 3.88. The van der Waals surface area contributed by atoms with Gasteiger partial charge in [-0.1, -0.05) is 6.07 Å². The average molecular weight is 524 g/mol. The monoisotopic (exact) mass is 523 g/mol. The molecule has 0 radical (unpaired) electrons. The molecule has 36 heavy (non-hydrogen) atoms. The van der Waals surface area contributed by atoms with E-state index in [-0.39, 0.29) is 16.7 Å². The summed E-state index contributed by atoms with van der Waals surface area (Å²) in [7, 11) is -3.34. The zero-order valence-electron chi connectivity index (χ0n) is 19.9. The van der Waals surface area contributed by atoms with Gasteiger partial charge in [0.1, 0.15) is 0 Å². The number of anilines is 2. The number of nitrogens with one attached hydrogen (secondary N) is 1. The minimum absolute atomic E-state index is 0.0322. The van der Waals surface area contributed by atoms with Crippen molar-refractivity contribution in [2.24, 2.45) is 0 Å². The van der Waals surface area contributed by atoms with Gasteiger partial charge < -0.3 is 15.1 Å². The van der Waals surface area contributed by atoms with Crippen molar-refractivity contribution in [2.45, 2.75) is 18.2 Å². The second-order valence-corrected chi connectivity index (χ2v) is 11.9. The summed E-state index contributed by atoms with van der Waals surface area (Å²) in [5, 5.41) is 4.78. The van der Waals surface area contributed by atoms with Gasteiger partial charge >= 0.3 is 0 Å². The molecule has 0 saturated carbocycles. The lowest BCUT2D eigenvalue weighted by atomic mass is 10.1. The highest BCUT2D eigenvalue weighted by atomic mass is 32.2. The molecule has 2 aromatic heterocycles. The van der Waals surface area contributed by atoms with Crippen LogP contribution < -0.4 is 5.32 Å². The van der Waals surface area contributed by atoms with Gasteiger partial charge in [-0.3, -0.25) is 9.59 Å². The van der Waals surface area contributed by atoms with E-state index < -0.39 is 9.84 Å². The van der Waals surface area contributed by atoms with Crippen LogP contribution in [0.1, 0.15) is 23.0 Å². The van der Waals surface area contributed by atoms with Crippen molar-refractivity contribution in [1.29, 1.82) is 0 Å². The Morgan fingerprint density at radius 1 is 1.03 bits per heavy atom. The predicted octanol–water partition coefficient (Wildman–Crippen LogP) is 3.69. The van der Waals surface area contributed by atoms with E-state index in [2.05, 4.69) is 15.3 Å². The smallest absolute Gasteiger partial charge is 0.264 e. The van der Waals surface area contributed by atoms with Crippen LogP contribution in [0.2, 0.25) is 0 Å². The summed E-state index contributed by atoms with van der Waals surface area (Å²) in [5.41, 5.74) is 1.27. The zero-order valence-corrected chi connectivity index (χ0v) is 21.5. The Hall–Kier alpha value is -3.57. The quantitative estimate of drug-likeness (QED) is 0.434. The minimum Gasteiger partial charge on any atom is -0.341 e. The van der Waals surface area contributed by atoms with Crippen LogP contribution in [0, 0.1) is 0 Å². The molecule has 5 rings (SSSR count). The van der Waals surface area contributed by atoms with Crippen molar-refractivity contribution in [3.8, 4) is 0 Å². The summed E-state index contributed by atoms with van der Waals surface area (Å²) >= 11 is 1.42. The Kier molecular flexibility index (Phi) is 6.35. The highest BCUT2D eigenvalue weighted by molar-refractivity contribution is 7.90. The maximum Gasteiger partial charge on any atom is 0.264 e. The van der Waals surface area contributed by atoms with E-state index in [0.29, 0.717) is 48.2 Å². The molecule has 0 unspecified atom stereocenters. The van der Waals surface area contributed by atoms with E-state index >= 15 is 0 Å². The van der Waals surface area contributed by atoms with E-state index in [4.69, 9.17) is 0 Å². The molecule has 0 spiro atoms. The molecule has 1 saturated heterocycles. The number of nitrogens with zero attached hydrogens (tertiary/aromatic N) is 4. The van der Waals surface area contributed by atoms with Gasteiger partial charge in [0.2, 0.25) is 11.9 Å². The van der Waals surface area contributed by atoms with E-state index in [9.17, 15) is 18.0 Å². The Balaban J connectivity index is 1.44. The van der Waals surface area contributed by atoms with Crippen molar-refractivity contribution in [1.82, 2.24) is 19.8 Å². The van der Waals surface area contributed by atoms with Crippen molar-refractivity contribution in [2.75, 3.05) is 37.8 Å². The number of benzene rings is 2. The first-order valence-corrected chi connectivity index (χ1v) is 14.2. The number of amides is 2. The molecule has 4 aromatic rings. The Morgan fingerprint density at radius 3 is 2.58 bits per heavy atom. The first-order valence-electron chi connectivity index (χ1n) is 11.5. The molecular formula is C25H25N5O4S2. The van der Waals surface area contributed by atoms with E-state index in [0.717, 1.165) is 28.1 Å². The average Bonchev–Trinajstić information content (AvgIpc) is 3.13. The number of aromatic nitrogens is 2. The maximum atomic E-state index is 13.3. The maximum absolute atomic E-state index is 13.3. The highest BCUT2D eigenvalue weighted by Crippen LogP contribution is 2.32. The third-order valence-electron chi connectivity index (χ3n) is 6.20. The van der Waals surface area contributed by atoms with Crippen LogP contribution in [-0.2, 0) is 14.6 Å². The lowest BCUT2D eigenvalue weighted by Crippen LogP contribution is -2.36. The van der Waals surface area contributed by atoms with Crippen LogP contribution in [-0.4, -0.2) is 72.4 Å². The largest absolute Gasteiger partial charge is 0.341 e. The van der Waals surface area contributed by atoms with Gasteiger partial charge in [-0.2, -0.15) is 0 Å². The Labute approximate surface area is 212 Å². The van der Waals surface area contributed by atoms with Crippen LogP contribution >= 0.6 is 11.3 Å². The van der Waals surface area contributed by atoms with Crippen molar-refractivity contribution in [3.63, 3.8) is 0 Å². The molecular weight excluding hydrogens is 498 g/mol. The highest BCUT2D eigenvalue weighted by Gasteiger charge is 2.23. The van der Waals surface area contributed by atoms with E-state index in [1.807, 2.05) is 23.1 Å². The van der Waals surface area contributed by atoms with Gasteiger partial charge in [0, 0.05) is 66.7 Å². The predicted molar refractivity (Wildman–Crippen MR) is 141 cm³/mol. The fourth-order valence-electron chi connectivity index (χ4n) is 4.30. The third kappa shape index (κ3) is 4.89. The third-order valence-corrected chi connectivity index (χ3v) is 8.40. The minimum atomic E-state index is -3.34. The molecule has 1 fully saturated rings. The zero-order chi connectivity index (χ0) is 25.4. The van der Waals surface area contributed by atoms with Gasteiger partial charge in [0.25, 0.3) is 5.91 Å². The summed E-state index contributed by atoms with van der Waals surface area (Å²) in [4.78, 5) is 38.5. The molecule has 9 nitrogen and oxygen atoms in total. The van der Waals surface area contributed by atoms with Crippen molar-refractivity contribution >= 4 is 65.6 Å². The fourth-order valence-corrected chi connectivity index (χ4v) is 6.00. The Morgan fingerprint density at radius 2 is 1.81 bits per heavy atom. The van der Waals surface area contributed by atoms with Gasteiger partial charge in [-0.15, -0.1) is 11.3 Å². The number of fused-ring (bicyclic) bond motifs is 3. The lowest BCUT2D eigenvalue weighted by Gasteiger charge is -2.20. The van der Waals surface area contributed by atoms with Crippen LogP contribution in [0.15, 0.2) is 53.6 Å². The number of hydrogen-bond donors (Lipinski definition) is 1. The molecule has 1 aliphatic rings. The number of rotatable bonds is 4. The number of hydrogen-bond acceptors (Lipinski definition) is 8. The summed E-state index contributed by atoms with van der Waals surface area (Å²) in [6.07, 6.45) is 3.62. The number of carbonyl (C=O) groups excluding carboxylic acids is 2. The van der Waals surface area contributed by atoms with E-state index in [1.165, 1.54) is 17.4 Å². The molecule has 0 bridgehead atoms. The number of thiophene rings is 1. The summed E-state index contributed by atoms with van der Waals surface area (Å²) in [5.74, 6) is 0.320. The first kappa shape index (κ1) is 24.1. The van der Waals surface area contributed by atoms with Gasteiger partial charge in [0.05, 0.1) is 15.3 Å². The molecule has 186 valence electrons. The first-order chi connectivity index (χ1) is 17.2. The van der Waals surface area contributed by atoms with Crippen molar-refractivity contribution in [3.05, 3.63) is 53.5 Å². The Bertz CT molecular complexity index is 1600. The molecule has 2 aromatic carbocycles. The van der Waals surface area contributed by atoms with Gasteiger partial charge in [-0.25, -0.2) is 18.4 Å². The van der Waals surface area contributed by atoms with Gasteiger partial charge in [-0.05, 0) is 42.8 Å². The topological polar surface area (TPSA) is 113 Å². The van der Waals surface area contributed by atoms with Crippen LogP contribution in [0.4, 0.5) is 11.6 Å². The SMILES string of the molecule is CC(=O)N1CCCN(C(=O)c2cc3c(ccc4cnc(Nc5cccc(S(C)(=O)=O)c5)nc43)s2)CC1. The molecule has 1 N–H and O–H groups in total. The summed E-state index contributed by atoms with van der Waals surface area (Å²) < 4.78 is 24.7. The van der Waals surface area contributed by atoms with Crippen molar-refractivity contribution < 1.29 is 18.0 Å². The van der Waals surface area contributed by atoms with Crippen LogP contribution in [0.3, 0.4) is 0 Å². The van der Waals surface area contributed by atoms with Gasteiger partial charge in [0.15, 0.2) is 9.84 Å². The number of sulfone groups is 1. The fraction of sp³-hybridized carbons (Fsp3) is 0.280. The van der Waals surface area contributed by atoms with E-state index in [1.54, 1.807) is 36.2 Å². The molecule has 2 amide bonds. The molecule has 1 aliphatic heterocycles. The normalized spacial score (nSPS) is 14.7.